The van der Waals surface area contributed by atoms with E-state index in [0.29, 0.717) is 0 Å². The Bertz CT molecular complexity index is 629. The van der Waals surface area contributed by atoms with Gasteiger partial charge in [0.05, 0.1) is 16.9 Å². The number of nitrogens with zero attached hydrogens (tertiary/aromatic N) is 4. The molecular weight excluding hydrogens is 268 g/mol. The van der Waals surface area contributed by atoms with Gasteiger partial charge in [0.15, 0.2) is 0 Å². The lowest BCUT2D eigenvalue weighted by atomic mass is 10.2. The molecule has 0 bridgehead atoms. The van der Waals surface area contributed by atoms with Crippen LogP contribution in [0.1, 0.15) is 11.3 Å². The smallest absolute Gasteiger partial charge is 0.0795 e. The molecule has 2 heterocycles. The molecule has 0 unspecified atom stereocenters. The van der Waals surface area contributed by atoms with Crippen LogP contribution in [0.25, 0.3) is 5.69 Å². The fraction of sp³-hybridized carbons (Fsp3) is 0.200. The highest BCUT2D eigenvalue weighted by Crippen LogP contribution is 2.12. The first-order chi connectivity index (χ1) is 9.81. The molecule has 0 fully saturated rings. The van der Waals surface area contributed by atoms with Gasteiger partial charge < -0.3 is 0 Å². The zero-order chi connectivity index (χ0) is 13.8. The van der Waals surface area contributed by atoms with Gasteiger partial charge in [-0.25, -0.2) is 9.67 Å². The minimum absolute atomic E-state index is 0.879. The topological polar surface area (TPSA) is 34.0 Å². The Morgan fingerprint density at radius 2 is 2.05 bits per heavy atom. The van der Waals surface area contributed by atoms with E-state index in [-0.39, 0.29) is 0 Å². The summed E-state index contributed by atoms with van der Waals surface area (Å²) < 4.78 is 1.86. The summed E-state index contributed by atoms with van der Waals surface area (Å²) >= 11 is 1.64. The Labute approximate surface area is 122 Å². The van der Waals surface area contributed by atoms with Crippen molar-refractivity contribution in [3.63, 3.8) is 0 Å². The van der Waals surface area contributed by atoms with Crippen LogP contribution in [0.5, 0.6) is 0 Å². The van der Waals surface area contributed by atoms with Crippen molar-refractivity contribution in [2.75, 3.05) is 7.05 Å². The lowest BCUT2D eigenvalue weighted by molar-refractivity contribution is 0.316. The second kappa shape index (κ2) is 5.98. The molecule has 3 rings (SSSR count). The normalized spacial score (nSPS) is 11.1. The molecule has 0 atom stereocenters. The standard InChI is InChI=1S/C15H16N4S/c1-18(10-14-11-20-12-16-14)9-13-3-5-15(6-4-13)19-8-2-7-17-19/h2-8,11-12H,9-10H2,1H3. The Morgan fingerprint density at radius 1 is 1.20 bits per heavy atom. The van der Waals surface area contributed by atoms with Crippen LogP contribution in [0.2, 0.25) is 0 Å². The second-order valence-corrected chi connectivity index (χ2v) is 5.49. The molecule has 0 aliphatic carbocycles. The molecule has 1 aromatic carbocycles. The van der Waals surface area contributed by atoms with Crippen LogP contribution in [0.3, 0.4) is 0 Å². The summed E-state index contributed by atoms with van der Waals surface area (Å²) in [6.07, 6.45) is 3.74. The number of hydrogen-bond acceptors (Lipinski definition) is 4. The zero-order valence-electron chi connectivity index (χ0n) is 11.3. The lowest BCUT2D eigenvalue weighted by Crippen LogP contribution is -2.17. The third kappa shape index (κ3) is 3.12. The molecule has 0 saturated carbocycles. The predicted octanol–water partition coefficient (Wildman–Crippen LogP) is 2.96. The Hall–Kier alpha value is -1.98. The monoisotopic (exact) mass is 284 g/mol. The van der Waals surface area contributed by atoms with Gasteiger partial charge in [0.1, 0.15) is 0 Å². The maximum atomic E-state index is 4.31. The molecule has 4 nitrogen and oxygen atoms in total. The van der Waals surface area contributed by atoms with Crippen molar-refractivity contribution in [3.05, 3.63) is 64.9 Å². The van der Waals surface area contributed by atoms with Crippen molar-refractivity contribution >= 4 is 11.3 Å². The van der Waals surface area contributed by atoms with Crippen molar-refractivity contribution in [1.82, 2.24) is 19.7 Å². The highest BCUT2D eigenvalue weighted by Gasteiger charge is 2.04. The second-order valence-electron chi connectivity index (χ2n) is 4.77. The van der Waals surface area contributed by atoms with Gasteiger partial charge in [-0.2, -0.15) is 5.10 Å². The molecule has 5 heteroatoms. The highest BCUT2D eigenvalue weighted by atomic mass is 32.1. The molecule has 2 aromatic heterocycles. The first-order valence-corrected chi connectivity index (χ1v) is 7.40. The first kappa shape index (κ1) is 13.0. The van der Waals surface area contributed by atoms with E-state index in [4.69, 9.17) is 0 Å². The number of thiazole rings is 1. The molecule has 102 valence electrons. The van der Waals surface area contributed by atoms with E-state index < -0.39 is 0 Å². The predicted molar refractivity (Wildman–Crippen MR) is 80.8 cm³/mol. The summed E-state index contributed by atoms with van der Waals surface area (Å²) in [4.78, 5) is 6.57. The summed E-state index contributed by atoms with van der Waals surface area (Å²) in [7, 11) is 2.11. The van der Waals surface area contributed by atoms with E-state index in [1.807, 2.05) is 22.5 Å². The average Bonchev–Trinajstić information content (AvgIpc) is 3.12. The van der Waals surface area contributed by atoms with Crippen molar-refractivity contribution in [2.45, 2.75) is 13.1 Å². The average molecular weight is 284 g/mol. The lowest BCUT2D eigenvalue weighted by Gasteiger charge is -2.15. The highest BCUT2D eigenvalue weighted by molar-refractivity contribution is 7.07. The first-order valence-electron chi connectivity index (χ1n) is 6.46. The molecule has 0 spiro atoms. The van der Waals surface area contributed by atoms with Gasteiger partial charge in [-0.05, 0) is 30.8 Å². The van der Waals surface area contributed by atoms with Gasteiger partial charge in [-0.15, -0.1) is 11.3 Å². The molecule has 3 aromatic rings. The maximum absolute atomic E-state index is 4.31. The van der Waals surface area contributed by atoms with E-state index in [0.717, 1.165) is 24.5 Å². The Morgan fingerprint density at radius 3 is 2.70 bits per heavy atom. The molecule has 0 saturated heterocycles. The molecule has 0 aliphatic heterocycles. The Balaban J connectivity index is 1.63. The molecule has 0 amide bonds. The summed E-state index contributed by atoms with van der Waals surface area (Å²) in [5, 5.41) is 6.32. The van der Waals surface area contributed by atoms with Gasteiger partial charge in [0.2, 0.25) is 0 Å². The third-order valence-corrected chi connectivity index (χ3v) is 3.71. The van der Waals surface area contributed by atoms with Gasteiger partial charge in [-0.3, -0.25) is 4.90 Å². The van der Waals surface area contributed by atoms with Crippen LogP contribution in [0.15, 0.2) is 53.6 Å². The van der Waals surface area contributed by atoms with Gasteiger partial charge in [-0.1, -0.05) is 12.1 Å². The van der Waals surface area contributed by atoms with Gasteiger partial charge in [0.25, 0.3) is 0 Å². The number of hydrogen-bond donors (Lipinski definition) is 0. The van der Waals surface area contributed by atoms with Gasteiger partial charge >= 0.3 is 0 Å². The SMILES string of the molecule is CN(Cc1ccc(-n2cccn2)cc1)Cc1cscn1. The third-order valence-electron chi connectivity index (χ3n) is 3.07. The maximum Gasteiger partial charge on any atom is 0.0795 e. The number of benzene rings is 1. The van der Waals surface area contributed by atoms with Crippen LogP contribution in [-0.2, 0) is 13.1 Å². The van der Waals surface area contributed by atoms with Crippen molar-refractivity contribution in [3.8, 4) is 5.69 Å². The van der Waals surface area contributed by atoms with Crippen LogP contribution < -0.4 is 0 Å². The minimum atomic E-state index is 0.879. The summed E-state index contributed by atoms with van der Waals surface area (Å²) in [6.45, 7) is 1.79. The van der Waals surface area contributed by atoms with E-state index in [1.165, 1.54) is 5.56 Å². The van der Waals surface area contributed by atoms with E-state index in [2.05, 4.69) is 51.7 Å². The van der Waals surface area contributed by atoms with E-state index in [9.17, 15) is 0 Å². The van der Waals surface area contributed by atoms with E-state index in [1.54, 1.807) is 17.5 Å². The summed E-state index contributed by atoms with van der Waals surface area (Å²) in [5.41, 5.74) is 5.38. The molecule has 0 aliphatic rings. The molecule has 0 N–H and O–H groups in total. The van der Waals surface area contributed by atoms with E-state index >= 15 is 0 Å². The van der Waals surface area contributed by atoms with Crippen LogP contribution >= 0.6 is 11.3 Å². The van der Waals surface area contributed by atoms with Crippen LogP contribution in [-0.4, -0.2) is 26.7 Å². The fourth-order valence-corrected chi connectivity index (χ4v) is 2.68. The van der Waals surface area contributed by atoms with Crippen LogP contribution in [0.4, 0.5) is 0 Å². The molecular formula is C15H16N4S. The van der Waals surface area contributed by atoms with Crippen molar-refractivity contribution in [2.24, 2.45) is 0 Å². The summed E-state index contributed by atoms with van der Waals surface area (Å²) in [6, 6.07) is 10.4. The largest absolute Gasteiger partial charge is 0.296 e. The summed E-state index contributed by atoms with van der Waals surface area (Å²) in [5.74, 6) is 0. The van der Waals surface area contributed by atoms with Gasteiger partial charge in [0, 0.05) is 30.9 Å². The fourth-order valence-electron chi connectivity index (χ4n) is 2.14. The molecule has 0 radical (unpaired) electrons. The van der Waals surface area contributed by atoms with Crippen molar-refractivity contribution in [1.29, 1.82) is 0 Å². The van der Waals surface area contributed by atoms with Crippen LogP contribution in [0, 0.1) is 0 Å². The quantitative estimate of drug-likeness (QED) is 0.722. The Kier molecular flexibility index (Phi) is 3.90. The van der Waals surface area contributed by atoms with Crippen molar-refractivity contribution < 1.29 is 0 Å². The minimum Gasteiger partial charge on any atom is -0.296 e. The number of aromatic nitrogens is 3. The molecule has 20 heavy (non-hydrogen) atoms. The zero-order valence-corrected chi connectivity index (χ0v) is 12.1. The number of rotatable bonds is 5.